The van der Waals surface area contributed by atoms with Gasteiger partial charge in [-0.3, -0.25) is 4.79 Å². The van der Waals surface area contributed by atoms with E-state index >= 15 is 0 Å². The Kier molecular flexibility index (Phi) is 7.04. The molecule has 0 radical (unpaired) electrons. The number of hydrogen-bond acceptors (Lipinski definition) is 4. The van der Waals surface area contributed by atoms with Gasteiger partial charge in [0.1, 0.15) is 18.1 Å². The molecule has 0 aliphatic carbocycles. The van der Waals surface area contributed by atoms with Crippen molar-refractivity contribution < 1.29 is 14.3 Å². The zero-order valence-electron chi connectivity index (χ0n) is 15.0. The lowest BCUT2D eigenvalue weighted by Gasteiger charge is -2.07. The Hall–Kier alpha value is -3.31. The van der Waals surface area contributed by atoms with E-state index in [9.17, 15) is 4.79 Å². The van der Waals surface area contributed by atoms with Crippen molar-refractivity contribution >= 4 is 23.7 Å². The first-order valence-corrected chi connectivity index (χ1v) is 9.04. The molecule has 6 heteroatoms. The van der Waals surface area contributed by atoms with Gasteiger partial charge in [0, 0.05) is 5.02 Å². The van der Waals surface area contributed by atoms with Crippen molar-refractivity contribution in [3.05, 3.63) is 95.0 Å². The second-order valence-electron chi connectivity index (χ2n) is 5.88. The molecule has 0 heterocycles. The predicted octanol–water partition coefficient (Wildman–Crippen LogP) is 4.45. The zero-order valence-corrected chi connectivity index (χ0v) is 15.8. The molecule has 0 spiro atoms. The summed E-state index contributed by atoms with van der Waals surface area (Å²) in [6.07, 6.45) is 1.55. The summed E-state index contributed by atoms with van der Waals surface area (Å²) >= 11 is 5.88. The minimum absolute atomic E-state index is 0.106. The van der Waals surface area contributed by atoms with Crippen molar-refractivity contribution in [1.82, 2.24) is 5.43 Å². The van der Waals surface area contributed by atoms with Crippen LogP contribution >= 0.6 is 11.6 Å². The molecule has 1 N–H and O–H groups in total. The van der Waals surface area contributed by atoms with Crippen LogP contribution in [0.4, 0.5) is 0 Å². The van der Waals surface area contributed by atoms with Crippen LogP contribution in [0.5, 0.6) is 11.5 Å². The van der Waals surface area contributed by atoms with Gasteiger partial charge in [-0.05, 0) is 47.5 Å². The van der Waals surface area contributed by atoms with Gasteiger partial charge >= 0.3 is 0 Å². The van der Waals surface area contributed by atoms with Crippen LogP contribution in [0.15, 0.2) is 84.0 Å². The number of nitrogens with one attached hydrogen (secondary N) is 1. The van der Waals surface area contributed by atoms with Crippen molar-refractivity contribution in [3.8, 4) is 11.5 Å². The van der Waals surface area contributed by atoms with E-state index in [0.29, 0.717) is 23.1 Å². The largest absolute Gasteiger partial charge is 0.489 e. The Balaban J connectivity index is 1.46. The molecule has 0 fully saturated rings. The molecular formula is C22H19ClN2O3. The topological polar surface area (TPSA) is 59.9 Å². The summed E-state index contributed by atoms with van der Waals surface area (Å²) in [5, 5.41) is 4.64. The predicted molar refractivity (Wildman–Crippen MR) is 110 cm³/mol. The van der Waals surface area contributed by atoms with E-state index in [4.69, 9.17) is 21.1 Å². The summed E-state index contributed by atoms with van der Waals surface area (Å²) in [4.78, 5) is 11.8. The highest BCUT2D eigenvalue weighted by Crippen LogP contribution is 2.15. The SMILES string of the molecule is O=C(COc1ccccc1)N/N=C/c1cccc(OCc2ccc(Cl)cc2)c1. The van der Waals surface area contributed by atoms with Crippen LogP contribution in [0.2, 0.25) is 5.02 Å². The Morgan fingerprint density at radius 3 is 2.46 bits per heavy atom. The maximum atomic E-state index is 11.8. The highest BCUT2D eigenvalue weighted by atomic mass is 35.5. The van der Waals surface area contributed by atoms with E-state index in [-0.39, 0.29) is 12.5 Å². The Labute approximate surface area is 168 Å². The third-order valence-electron chi connectivity index (χ3n) is 3.69. The van der Waals surface area contributed by atoms with E-state index in [1.165, 1.54) is 0 Å². The molecule has 0 atom stereocenters. The normalized spacial score (nSPS) is 10.6. The Morgan fingerprint density at radius 1 is 0.929 bits per heavy atom. The number of rotatable bonds is 8. The minimum Gasteiger partial charge on any atom is -0.489 e. The summed E-state index contributed by atoms with van der Waals surface area (Å²) in [5.74, 6) is 1.00. The fraction of sp³-hybridized carbons (Fsp3) is 0.0909. The van der Waals surface area contributed by atoms with E-state index in [2.05, 4.69) is 10.5 Å². The van der Waals surface area contributed by atoms with Crippen molar-refractivity contribution in [2.75, 3.05) is 6.61 Å². The van der Waals surface area contributed by atoms with Crippen LogP contribution in [-0.4, -0.2) is 18.7 Å². The lowest BCUT2D eigenvalue weighted by Crippen LogP contribution is -2.24. The number of hydrazone groups is 1. The molecule has 3 rings (SSSR count). The average molecular weight is 395 g/mol. The number of benzene rings is 3. The van der Waals surface area contributed by atoms with Gasteiger partial charge in [-0.1, -0.05) is 54.1 Å². The quantitative estimate of drug-likeness (QED) is 0.453. The highest BCUT2D eigenvalue weighted by Gasteiger charge is 2.01. The van der Waals surface area contributed by atoms with Gasteiger partial charge in [0.2, 0.25) is 0 Å². The van der Waals surface area contributed by atoms with E-state index in [1.807, 2.05) is 66.7 Å². The van der Waals surface area contributed by atoms with Crippen molar-refractivity contribution in [2.45, 2.75) is 6.61 Å². The molecule has 0 saturated carbocycles. The molecule has 5 nitrogen and oxygen atoms in total. The molecule has 0 bridgehead atoms. The van der Waals surface area contributed by atoms with Gasteiger partial charge in [0.15, 0.2) is 6.61 Å². The number of halogens is 1. The number of amides is 1. The number of hydrogen-bond donors (Lipinski definition) is 1. The van der Waals surface area contributed by atoms with Crippen molar-refractivity contribution in [3.63, 3.8) is 0 Å². The molecule has 0 aliphatic heterocycles. The maximum Gasteiger partial charge on any atom is 0.277 e. The molecule has 1 amide bonds. The number of para-hydroxylation sites is 1. The third-order valence-corrected chi connectivity index (χ3v) is 3.94. The van der Waals surface area contributed by atoms with Crippen LogP contribution in [0.25, 0.3) is 0 Å². The van der Waals surface area contributed by atoms with E-state index in [1.54, 1.807) is 18.3 Å². The van der Waals surface area contributed by atoms with Gasteiger partial charge in [0.05, 0.1) is 6.21 Å². The van der Waals surface area contributed by atoms with Crippen LogP contribution in [-0.2, 0) is 11.4 Å². The molecule has 0 unspecified atom stereocenters. The standard InChI is InChI=1S/C22H19ClN2O3/c23-19-11-9-17(10-12-19)15-27-21-8-4-5-18(13-21)14-24-25-22(26)16-28-20-6-2-1-3-7-20/h1-14H,15-16H2,(H,25,26)/b24-14+. The second kappa shape index (κ2) is 10.1. The molecular weight excluding hydrogens is 376 g/mol. The van der Waals surface area contributed by atoms with E-state index in [0.717, 1.165) is 11.1 Å². The summed E-state index contributed by atoms with van der Waals surface area (Å²) in [7, 11) is 0. The fourth-order valence-electron chi connectivity index (χ4n) is 2.31. The highest BCUT2D eigenvalue weighted by molar-refractivity contribution is 6.30. The third kappa shape index (κ3) is 6.45. The Bertz CT molecular complexity index is 928. The summed E-state index contributed by atoms with van der Waals surface area (Å²) in [5.41, 5.74) is 4.26. The molecule has 142 valence electrons. The summed E-state index contributed by atoms with van der Waals surface area (Å²) < 4.78 is 11.1. The zero-order chi connectivity index (χ0) is 19.6. The van der Waals surface area contributed by atoms with Crippen LogP contribution in [0, 0.1) is 0 Å². The van der Waals surface area contributed by atoms with Crippen LogP contribution < -0.4 is 14.9 Å². The molecule has 0 aromatic heterocycles. The Morgan fingerprint density at radius 2 is 1.68 bits per heavy atom. The first-order valence-electron chi connectivity index (χ1n) is 8.66. The molecule has 3 aromatic rings. The van der Waals surface area contributed by atoms with Gasteiger partial charge in [-0.25, -0.2) is 5.43 Å². The average Bonchev–Trinajstić information content (AvgIpc) is 2.73. The van der Waals surface area contributed by atoms with E-state index < -0.39 is 0 Å². The van der Waals surface area contributed by atoms with Crippen molar-refractivity contribution in [1.29, 1.82) is 0 Å². The van der Waals surface area contributed by atoms with Gasteiger partial charge in [-0.2, -0.15) is 5.10 Å². The van der Waals surface area contributed by atoms with Gasteiger partial charge in [0.25, 0.3) is 5.91 Å². The summed E-state index contributed by atoms with van der Waals surface area (Å²) in [6, 6.07) is 24.0. The first-order chi connectivity index (χ1) is 13.7. The smallest absolute Gasteiger partial charge is 0.277 e. The lowest BCUT2D eigenvalue weighted by atomic mass is 10.2. The minimum atomic E-state index is -0.338. The van der Waals surface area contributed by atoms with Crippen LogP contribution in [0.1, 0.15) is 11.1 Å². The molecule has 28 heavy (non-hydrogen) atoms. The monoisotopic (exact) mass is 394 g/mol. The van der Waals surface area contributed by atoms with Gasteiger partial charge in [-0.15, -0.1) is 0 Å². The maximum absolute atomic E-state index is 11.8. The lowest BCUT2D eigenvalue weighted by molar-refractivity contribution is -0.123. The van der Waals surface area contributed by atoms with Crippen molar-refractivity contribution in [2.24, 2.45) is 5.10 Å². The fourth-order valence-corrected chi connectivity index (χ4v) is 2.43. The number of ether oxygens (including phenoxy) is 2. The summed E-state index contributed by atoms with van der Waals surface area (Å²) in [6.45, 7) is 0.330. The second-order valence-corrected chi connectivity index (χ2v) is 6.32. The van der Waals surface area contributed by atoms with Gasteiger partial charge < -0.3 is 9.47 Å². The molecule has 0 saturated heterocycles. The number of nitrogens with zero attached hydrogens (tertiary/aromatic N) is 1. The van der Waals surface area contributed by atoms with Crippen LogP contribution in [0.3, 0.4) is 0 Å². The molecule has 3 aromatic carbocycles. The first kappa shape index (κ1) is 19.5. The molecule has 0 aliphatic rings. The number of carbonyl (C=O) groups is 1. The number of carbonyl (C=O) groups excluding carboxylic acids is 1.